The van der Waals surface area contributed by atoms with Gasteiger partial charge < -0.3 is 33.8 Å². The molecule has 0 saturated heterocycles. The monoisotopic (exact) mass is 1610 g/mol. The van der Waals surface area contributed by atoms with Crippen molar-refractivity contribution in [2.24, 2.45) is 0 Å². The first-order valence-electron chi connectivity index (χ1n) is 47.3. The Morgan fingerprint density at radius 1 is 0.218 bits per heavy atom. The maximum atomic E-state index is 13.2. The number of esters is 4. The third kappa shape index (κ3) is 84.0. The van der Waals surface area contributed by atoms with Crippen molar-refractivity contribution in [1.29, 1.82) is 0 Å². The van der Waals surface area contributed by atoms with Crippen molar-refractivity contribution in [3.8, 4) is 0 Å². The number of phosphoric acid groups is 2. The normalized spacial score (nSPS) is 13.6. The van der Waals surface area contributed by atoms with Gasteiger partial charge in [-0.2, -0.15) is 0 Å². The summed E-state index contributed by atoms with van der Waals surface area (Å²) < 4.78 is 69.0. The summed E-state index contributed by atoms with van der Waals surface area (Å²) in [6.07, 6.45) is 82.3. The molecule has 0 fully saturated rings. The summed E-state index contributed by atoms with van der Waals surface area (Å²) in [5.41, 5.74) is 0. The number of hydrogen-bond acceptors (Lipinski definition) is 15. The highest BCUT2D eigenvalue weighted by molar-refractivity contribution is 7.47. The molecule has 0 heterocycles. The lowest BCUT2D eigenvalue weighted by Gasteiger charge is -2.21. The Kier molecular flexibility index (Phi) is 83.5. The van der Waals surface area contributed by atoms with E-state index in [0.717, 1.165) is 89.9 Å². The van der Waals surface area contributed by atoms with Crippen LogP contribution < -0.4 is 0 Å². The first-order chi connectivity index (χ1) is 53.7. The number of unbranched alkanes of at least 4 members (excludes halogenated alkanes) is 66. The van der Waals surface area contributed by atoms with Crippen molar-refractivity contribution in [2.75, 3.05) is 39.6 Å². The zero-order valence-corrected chi connectivity index (χ0v) is 74.0. The van der Waals surface area contributed by atoms with Gasteiger partial charge in [-0.3, -0.25) is 37.3 Å². The molecule has 0 bridgehead atoms. The molecular weight excluding hydrogens is 1430 g/mol. The fourth-order valence-electron chi connectivity index (χ4n) is 14.4. The molecule has 0 rings (SSSR count). The molecule has 0 amide bonds. The van der Waals surface area contributed by atoms with Crippen molar-refractivity contribution in [3.63, 3.8) is 0 Å². The van der Waals surface area contributed by atoms with Gasteiger partial charge in [-0.1, -0.05) is 451 Å². The molecule has 0 aromatic carbocycles. The first-order valence-corrected chi connectivity index (χ1v) is 50.3. The molecule has 654 valence electrons. The second-order valence-electron chi connectivity index (χ2n) is 32.7. The SMILES string of the molecule is CCCCCCCCCCCCCCCCCCCCCCCCC(=O)OC[C@H](COP(=O)(O)OC[C@@H](O)COP(=O)(O)OC[C@@H](COC(=O)CCCCCCCCCCC)OC(=O)CCCCCCCCCCCCCCCCCCC)OC(=O)CCCCCCCCCCCCCCCCCCCCCCCC. The van der Waals surface area contributed by atoms with E-state index < -0.39 is 97.5 Å². The number of aliphatic hydroxyl groups is 1. The molecule has 5 atom stereocenters. The second-order valence-corrected chi connectivity index (χ2v) is 35.6. The fraction of sp³-hybridized carbons (Fsp3) is 0.956. The molecule has 0 spiro atoms. The molecule has 0 saturated carbocycles. The fourth-order valence-corrected chi connectivity index (χ4v) is 16.0. The number of phosphoric ester groups is 2. The lowest BCUT2D eigenvalue weighted by Crippen LogP contribution is -2.30. The summed E-state index contributed by atoms with van der Waals surface area (Å²) in [6.45, 7) is 5.06. The van der Waals surface area contributed by atoms with E-state index >= 15 is 0 Å². The third-order valence-electron chi connectivity index (χ3n) is 21.6. The van der Waals surface area contributed by atoms with Gasteiger partial charge in [0, 0.05) is 25.7 Å². The van der Waals surface area contributed by atoms with E-state index in [2.05, 4.69) is 27.7 Å². The van der Waals surface area contributed by atoms with Gasteiger partial charge >= 0.3 is 39.5 Å². The predicted octanol–water partition coefficient (Wildman–Crippen LogP) is 28.5. The molecule has 17 nitrogen and oxygen atoms in total. The van der Waals surface area contributed by atoms with Gasteiger partial charge in [0.1, 0.15) is 19.3 Å². The quantitative estimate of drug-likeness (QED) is 0.0222. The summed E-state index contributed by atoms with van der Waals surface area (Å²) in [5.74, 6) is -2.09. The second kappa shape index (κ2) is 85.0. The van der Waals surface area contributed by atoms with Crippen LogP contribution in [0.1, 0.15) is 503 Å². The molecule has 0 aliphatic heterocycles. The number of rotatable bonds is 92. The van der Waals surface area contributed by atoms with Crippen LogP contribution >= 0.6 is 15.6 Å². The van der Waals surface area contributed by atoms with Crippen LogP contribution in [-0.4, -0.2) is 96.7 Å². The highest BCUT2D eigenvalue weighted by Crippen LogP contribution is 2.45. The van der Waals surface area contributed by atoms with E-state index in [1.165, 1.54) is 334 Å². The maximum Gasteiger partial charge on any atom is 0.472 e. The van der Waals surface area contributed by atoms with E-state index in [9.17, 15) is 43.2 Å². The smallest absolute Gasteiger partial charge is 0.462 e. The van der Waals surface area contributed by atoms with Gasteiger partial charge in [0.2, 0.25) is 0 Å². The van der Waals surface area contributed by atoms with E-state index in [-0.39, 0.29) is 25.7 Å². The summed E-state index contributed by atoms with van der Waals surface area (Å²) in [4.78, 5) is 73.3. The van der Waals surface area contributed by atoms with Gasteiger partial charge in [0.15, 0.2) is 12.2 Å². The van der Waals surface area contributed by atoms with Crippen molar-refractivity contribution in [2.45, 2.75) is 521 Å². The Balaban J connectivity index is 5.18. The zero-order chi connectivity index (χ0) is 80.3. The summed E-state index contributed by atoms with van der Waals surface area (Å²) in [6, 6.07) is 0. The van der Waals surface area contributed by atoms with Crippen LogP contribution in [0.5, 0.6) is 0 Å². The Hall–Kier alpha value is -1.94. The zero-order valence-electron chi connectivity index (χ0n) is 72.3. The lowest BCUT2D eigenvalue weighted by atomic mass is 10.0. The van der Waals surface area contributed by atoms with E-state index in [4.69, 9.17) is 37.0 Å². The Morgan fingerprint density at radius 2 is 0.364 bits per heavy atom. The minimum atomic E-state index is -4.97. The summed E-state index contributed by atoms with van der Waals surface area (Å²) >= 11 is 0. The predicted molar refractivity (Wildman–Crippen MR) is 455 cm³/mol. The summed E-state index contributed by atoms with van der Waals surface area (Å²) in [5, 5.41) is 10.7. The Labute approximate surface area is 677 Å². The number of aliphatic hydroxyl groups excluding tert-OH is 1. The van der Waals surface area contributed by atoms with Crippen LogP contribution in [0.4, 0.5) is 0 Å². The summed E-state index contributed by atoms with van der Waals surface area (Å²) in [7, 11) is -9.93. The minimum absolute atomic E-state index is 0.109. The molecule has 19 heteroatoms. The van der Waals surface area contributed by atoms with Crippen LogP contribution in [0.15, 0.2) is 0 Å². The molecule has 0 aromatic heterocycles. The van der Waals surface area contributed by atoms with Crippen molar-refractivity contribution >= 4 is 39.5 Å². The lowest BCUT2D eigenvalue weighted by molar-refractivity contribution is -0.161. The van der Waals surface area contributed by atoms with Gasteiger partial charge in [0.25, 0.3) is 0 Å². The number of carbonyl (C=O) groups is 4. The standard InChI is InChI=1S/C91H178O17P2/c1-5-9-13-17-21-25-28-31-34-37-39-41-43-45-48-50-53-56-60-64-68-72-76-89(94)102-82-87(108-91(96)78-74-70-66-62-58-55-52-49-46-44-42-40-38-35-32-29-26-22-18-14-10-6-2)84-106-110(99,100)104-80-85(92)79-103-109(97,98)105-83-86(81-101-88(93)75-71-67-63-59-24-20-16-12-8-4)107-90(95)77-73-69-65-61-57-54-51-47-36-33-30-27-23-19-15-11-7-3/h85-87,92H,5-84H2,1-4H3,(H,97,98)(H,99,100)/t85-,86+,87+/m0/s1. The number of ether oxygens (including phenoxy) is 4. The highest BCUT2D eigenvalue weighted by atomic mass is 31.2. The van der Waals surface area contributed by atoms with Crippen molar-refractivity contribution in [3.05, 3.63) is 0 Å². The minimum Gasteiger partial charge on any atom is -0.462 e. The molecule has 0 aliphatic rings. The van der Waals surface area contributed by atoms with Crippen molar-refractivity contribution < 1.29 is 80.2 Å². The van der Waals surface area contributed by atoms with Crippen LogP contribution in [0, 0.1) is 0 Å². The van der Waals surface area contributed by atoms with Crippen LogP contribution in [0.2, 0.25) is 0 Å². The van der Waals surface area contributed by atoms with Gasteiger partial charge in [-0.05, 0) is 25.7 Å². The molecule has 3 N–H and O–H groups in total. The van der Waals surface area contributed by atoms with Crippen LogP contribution in [-0.2, 0) is 65.4 Å². The first kappa shape index (κ1) is 108. The van der Waals surface area contributed by atoms with E-state index in [1.54, 1.807) is 0 Å². The molecule has 0 aromatic rings. The van der Waals surface area contributed by atoms with Crippen molar-refractivity contribution in [1.82, 2.24) is 0 Å². The van der Waals surface area contributed by atoms with Gasteiger partial charge in [0.05, 0.1) is 26.4 Å². The Morgan fingerprint density at radius 3 is 0.536 bits per heavy atom. The highest BCUT2D eigenvalue weighted by Gasteiger charge is 2.31. The van der Waals surface area contributed by atoms with Crippen LogP contribution in [0.25, 0.3) is 0 Å². The molecule has 2 unspecified atom stereocenters. The van der Waals surface area contributed by atoms with Crippen LogP contribution in [0.3, 0.4) is 0 Å². The van der Waals surface area contributed by atoms with E-state index in [1.807, 2.05) is 0 Å². The molecule has 110 heavy (non-hydrogen) atoms. The molecule has 0 radical (unpaired) electrons. The topological polar surface area (TPSA) is 237 Å². The maximum absolute atomic E-state index is 13.2. The largest absolute Gasteiger partial charge is 0.472 e. The average molecular weight is 1610 g/mol. The average Bonchev–Trinajstić information content (AvgIpc) is 0.899. The number of hydrogen-bond donors (Lipinski definition) is 3. The molecule has 0 aliphatic carbocycles. The Bertz CT molecular complexity index is 2070. The molecular formula is C91H178O17P2. The van der Waals surface area contributed by atoms with Gasteiger partial charge in [-0.25, -0.2) is 9.13 Å². The van der Waals surface area contributed by atoms with E-state index in [0.29, 0.717) is 25.7 Å². The number of carbonyl (C=O) groups excluding carboxylic acids is 4. The third-order valence-corrected chi connectivity index (χ3v) is 23.5. The van der Waals surface area contributed by atoms with Gasteiger partial charge in [-0.15, -0.1) is 0 Å².